The van der Waals surface area contributed by atoms with Crippen LogP contribution in [0.2, 0.25) is 0 Å². The number of carbonyl (C=O) groups is 2. The highest BCUT2D eigenvalue weighted by atomic mass is 16.1. The summed E-state index contributed by atoms with van der Waals surface area (Å²) in [7, 11) is 1.81. The SMILES string of the molecule is CNc1ccc(-c2ccc(NC(=O)c3cccc(C(C)=O)c3)c(N)c2)cc1N.Cc1cccc(-c2nc3ccc(-c4ccc5nc(C)[nH]c5c4)cc3[nH]2)c1. The summed E-state index contributed by atoms with van der Waals surface area (Å²) in [6.45, 7) is 5.53. The van der Waals surface area contributed by atoms with E-state index in [1.54, 1.807) is 36.4 Å². The number of imidazole rings is 2. The van der Waals surface area contributed by atoms with Gasteiger partial charge in [-0.05, 0) is 110 Å². The van der Waals surface area contributed by atoms with Gasteiger partial charge in [0.05, 0.1) is 44.8 Å². The van der Waals surface area contributed by atoms with Crippen molar-refractivity contribution in [3.05, 3.63) is 144 Å². The minimum absolute atomic E-state index is 0.0953. The summed E-state index contributed by atoms with van der Waals surface area (Å²) in [6, 6.07) is 38.7. The molecule has 10 nitrogen and oxygen atoms in total. The van der Waals surface area contributed by atoms with Gasteiger partial charge in [-0.15, -0.1) is 0 Å². The zero-order valence-corrected chi connectivity index (χ0v) is 30.4. The number of H-pyrrole nitrogens is 2. The Bertz CT molecular complexity index is 2690. The molecule has 0 atom stereocenters. The average Bonchev–Trinajstić information content (AvgIpc) is 3.78. The van der Waals surface area contributed by atoms with Gasteiger partial charge in [-0.25, -0.2) is 9.97 Å². The van der Waals surface area contributed by atoms with E-state index in [1.165, 1.54) is 12.5 Å². The molecule has 54 heavy (non-hydrogen) atoms. The van der Waals surface area contributed by atoms with Gasteiger partial charge in [0.25, 0.3) is 5.91 Å². The van der Waals surface area contributed by atoms with E-state index in [4.69, 9.17) is 16.5 Å². The van der Waals surface area contributed by atoms with Crippen LogP contribution in [0.4, 0.5) is 22.7 Å². The van der Waals surface area contributed by atoms with Crippen molar-refractivity contribution >= 4 is 56.5 Å². The molecule has 10 heteroatoms. The Morgan fingerprint density at radius 3 is 1.80 bits per heavy atom. The van der Waals surface area contributed by atoms with Crippen LogP contribution in [-0.4, -0.2) is 38.7 Å². The molecule has 0 spiro atoms. The van der Waals surface area contributed by atoms with Gasteiger partial charge in [0, 0.05) is 23.7 Å². The van der Waals surface area contributed by atoms with Crippen LogP contribution in [-0.2, 0) is 0 Å². The molecule has 8 rings (SSSR count). The monoisotopic (exact) mass is 712 g/mol. The fourth-order valence-corrected chi connectivity index (χ4v) is 6.33. The topological polar surface area (TPSA) is 168 Å². The van der Waals surface area contributed by atoms with E-state index >= 15 is 0 Å². The third-order valence-electron chi connectivity index (χ3n) is 9.19. The smallest absolute Gasteiger partial charge is 0.255 e. The van der Waals surface area contributed by atoms with Crippen LogP contribution in [0.5, 0.6) is 0 Å². The highest BCUT2D eigenvalue weighted by Gasteiger charge is 2.12. The first kappa shape index (κ1) is 35.2. The van der Waals surface area contributed by atoms with Crippen LogP contribution >= 0.6 is 0 Å². The fraction of sp³-hybridized carbons (Fsp3) is 0.0909. The zero-order chi connectivity index (χ0) is 37.9. The highest BCUT2D eigenvalue weighted by Crippen LogP contribution is 2.31. The van der Waals surface area contributed by atoms with E-state index in [9.17, 15) is 9.59 Å². The Kier molecular flexibility index (Phi) is 9.65. The number of hydrogen-bond donors (Lipinski definition) is 6. The predicted octanol–water partition coefficient (Wildman–Crippen LogP) is 9.40. The molecule has 0 unspecified atom stereocenters. The number of benzene rings is 6. The number of carbonyl (C=O) groups excluding carboxylic acids is 2. The first-order chi connectivity index (χ1) is 26.0. The molecule has 1 amide bonds. The maximum absolute atomic E-state index is 12.5. The van der Waals surface area contributed by atoms with Crippen LogP contribution in [0.1, 0.15) is 39.0 Å². The maximum Gasteiger partial charge on any atom is 0.255 e. The lowest BCUT2D eigenvalue weighted by atomic mass is 10.0. The number of aryl methyl sites for hydroxylation is 2. The fourth-order valence-electron chi connectivity index (χ4n) is 6.33. The molecule has 6 aromatic carbocycles. The summed E-state index contributed by atoms with van der Waals surface area (Å²) < 4.78 is 0. The van der Waals surface area contributed by atoms with Gasteiger partial charge < -0.3 is 32.1 Å². The van der Waals surface area contributed by atoms with Crippen molar-refractivity contribution in [2.24, 2.45) is 0 Å². The van der Waals surface area contributed by atoms with Crippen molar-refractivity contribution in [3.63, 3.8) is 0 Å². The Balaban J connectivity index is 0.000000167. The lowest BCUT2D eigenvalue weighted by molar-refractivity contribution is 0.101. The summed E-state index contributed by atoms with van der Waals surface area (Å²) >= 11 is 0. The molecule has 0 fully saturated rings. The number of nitrogens with two attached hydrogens (primary N) is 2. The van der Waals surface area contributed by atoms with E-state index in [-0.39, 0.29) is 11.7 Å². The van der Waals surface area contributed by atoms with Crippen molar-refractivity contribution < 1.29 is 9.59 Å². The number of fused-ring (bicyclic) bond motifs is 2. The Labute approximate surface area is 312 Å². The summed E-state index contributed by atoms with van der Waals surface area (Å²) in [5.74, 6) is 1.41. The Morgan fingerprint density at radius 2 is 1.17 bits per heavy atom. The Hall–Kier alpha value is -7.20. The summed E-state index contributed by atoms with van der Waals surface area (Å²) in [5, 5.41) is 5.82. The van der Waals surface area contributed by atoms with Gasteiger partial charge >= 0.3 is 0 Å². The third kappa shape index (κ3) is 7.54. The minimum atomic E-state index is -0.329. The van der Waals surface area contributed by atoms with Crippen LogP contribution in [0.3, 0.4) is 0 Å². The van der Waals surface area contributed by atoms with Gasteiger partial charge in [-0.1, -0.05) is 60.2 Å². The average molecular weight is 713 g/mol. The van der Waals surface area contributed by atoms with E-state index in [0.29, 0.717) is 28.2 Å². The first-order valence-corrected chi connectivity index (χ1v) is 17.5. The highest BCUT2D eigenvalue weighted by molar-refractivity contribution is 6.07. The molecule has 0 radical (unpaired) electrons. The van der Waals surface area contributed by atoms with Crippen LogP contribution in [0.25, 0.3) is 55.7 Å². The maximum atomic E-state index is 12.5. The molecule has 0 bridgehead atoms. The second kappa shape index (κ2) is 14.8. The number of nitrogens with one attached hydrogen (secondary N) is 4. The lowest BCUT2D eigenvalue weighted by Gasteiger charge is -2.12. The molecule has 2 aromatic heterocycles. The van der Waals surface area contributed by atoms with Crippen LogP contribution < -0.4 is 22.1 Å². The van der Waals surface area contributed by atoms with Crippen molar-refractivity contribution in [2.45, 2.75) is 20.8 Å². The number of aromatic nitrogens is 4. The number of aromatic amines is 2. The number of anilines is 4. The number of rotatable bonds is 7. The first-order valence-electron chi connectivity index (χ1n) is 17.5. The van der Waals surface area contributed by atoms with Gasteiger partial charge in [-0.3, -0.25) is 9.59 Å². The quantitative estimate of drug-likeness (QED) is 0.0707. The number of ketones is 1. The van der Waals surface area contributed by atoms with E-state index < -0.39 is 0 Å². The van der Waals surface area contributed by atoms with Crippen LogP contribution in [0.15, 0.2) is 121 Å². The number of amides is 1. The van der Waals surface area contributed by atoms with Gasteiger partial charge in [-0.2, -0.15) is 0 Å². The summed E-state index contributed by atoms with van der Waals surface area (Å²) in [6.07, 6.45) is 0. The van der Waals surface area contributed by atoms with E-state index in [1.807, 2.05) is 38.2 Å². The molecule has 0 saturated heterocycles. The molecule has 0 saturated carbocycles. The molecule has 8 aromatic rings. The molecule has 0 aliphatic rings. The van der Waals surface area contributed by atoms with Crippen LogP contribution in [0, 0.1) is 13.8 Å². The zero-order valence-electron chi connectivity index (χ0n) is 30.4. The summed E-state index contributed by atoms with van der Waals surface area (Å²) in [4.78, 5) is 40.0. The van der Waals surface area contributed by atoms with E-state index in [0.717, 1.165) is 67.2 Å². The third-order valence-corrected chi connectivity index (χ3v) is 9.19. The molecule has 268 valence electrons. The molecule has 2 heterocycles. The molecule has 0 aliphatic carbocycles. The molecular weight excluding hydrogens is 673 g/mol. The normalized spacial score (nSPS) is 10.9. The van der Waals surface area contributed by atoms with Crippen molar-refractivity contribution in [3.8, 4) is 33.6 Å². The summed E-state index contributed by atoms with van der Waals surface area (Å²) in [5.41, 5.74) is 26.0. The van der Waals surface area contributed by atoms with Crippen molar-refractivity contribution in [1.29, 1.82) is 0 Å². The number of nitrogens with zero attached hydrogens (tertiary/aromatic N) is 2. The number of Topliss-reactive ketones (excluding diaryl/α,β-unsaturated/α-hetero) is 1. The second-order valence-corrected chi connectivity index (χ2v) is 13.2. The van der Waals surface area contributed by atoms with Gasteiger partial charge in [0.15, 0.2) is 5.78 Å². The molecular formula is C44H40N8O2. The largest absolute Gasteiger partial charge is 0.397 e. The lowest BCUT2D eigenvalue weighted by Crippen LogP contribution is -2.13. The second-order valence-electron chi connectivity index (χ2n) is 13.2. The van der Waals surface area contributed by atoms with Gasteiger partial charge in [0.2, 0.25) is 0 Å². The van der Waals surface area contributed by atoms with Crippen molar-refractivity contribution in [2.75, 3.05) is 29.1 Å². The van der Waals surface area contributed by atoms with Gasteiger partial charge in [0.1, 0.15) is 11.6 Å². The minimum Gasteiger partial charge on any atom is -0.397 e. The predicted molar refractivity (Wildman–Crippen MR) is 221 cm³/mol. The standard InChI is InChI=1S/C22H22N4O2.C22H18N4/c1-13(27)14-4-3-5-17(10-14)22(28)26-21-9-7-16(12-19(21)24)15-6-8-20(25-2)18(23)11-15;1-13-4-3-5-17(10-13)22-25-19-9-7-16(12-21(19)26-22)15-6-8-18-20(11-15)24-14(2)23-18/h3-12,25H,23-24H2,1-2H3,(H,26,28);3-12H,1-2H3,(H,23,24)(H,25,26). The van der Waals surface area contributed by atoms with E-state index in [2.05, 4.69) is 93.2 Å². The number of hydrogen-bond acceptors (Lipinski definition) is 7. The molecule has 8 N–H and O–H groups in total. The molecule has 0 aliphatic heterocycles. The Morgan fingerprint density at radius 1 is 0.593 bits per heavy atom. The van der Waals surface area contributed by atoms with Crippen molar-refractivity contribution in [1.82, 2.24) is 19.9 Å². The number of nitrogen functional groups attached to an aromatic ring is 2.